The molecular weight excluding hydrogens is 430 g/mol. The van der Waals surface area contributed by atoms with E-state index in [-0.39, 0.29) is 5.91 Å². The largest absolute Gasteiger partial charge is 0.340 e. The predicted molar refractivity (Wildman–Crippen MR) is 128 cm³/mol. The normalized spacial score (nSPS) is 11.8. The molecule has 31 heavy (non-hydrogen) atoms. The van der Waals surface area contributed by atoms with Crippen LogP contribution in [0.2, 0.25) is 5.02 Å². The number of nitrogen functional groups attached to an aromatic ring is 1. The van der Waals surface area contributed by atoms with E-state index in [0.717, 1.165) is 24.5 Å². The van der Waals surface area contributed by atoms with E-state index in [1.54, 1.807) is 12.1 Å². The number of para-hydroxylation sites is 1. The van der Waals surface area contributed by atoms with Gasteiger partial charge in [0.1, 0.15) is 0 Å². The first kappa shape index (κ1) is 23.1. The Kier molecular flexibility index (Phi) is 8.31. The van der Waals surface area contributed by atoms with Gasteiger partial charge in [0.15, 0.2) is 0 Å². The second-order valence-corrected chi connectivity index (χ2v) is 8.72. The van der Waals surface area contributed by atoms with E-state index < -0.39 is 0 Å². The highest BCUT2D eigenvalue weighted by atomic mass is 35.5. The molecule has 0 radical (unpaired) electrons. The van der Waals surface area contributed by atoms with Gasteiger partial charge in [0.05, 0.1) is 11.4 Å². The van der Waals surface area contributed by atoms with Crippen LogP contribution in [0.15, 0.2) is 76.8 Å². The molecular formula is C23H26ClN5OS. The van der Waals surface area contributed by atoms with Crippen molar-refractivity contribution < 1.29 is 4.79 Å². The molecule has 0 saturated carbocycles. The summed E-state index contributed by atoms with van der Waals surface area (Å²) in [6.45, 7) is 2.09. The topological polar surface area (TPSA) is 74.5 Å². The van der Waals surface area contributed by atoms with Crippen molar-refractivity contribution in [2.75, 3.05) is 32.1 Å². The molecule has 6 nitrogen and oxygen atoms in total. The number of fused-ring (bicyclic) bond motifs is 2. The van der Waals surface area contributed by atoms with Gasteiger partial charge in [-0.05, 0) is 69.5 Å². The smallest absolute Gasteiger partial charge is 0.265 e. The monoisotopic (exact) mass is 455 g/mol. The Labute approximate surface area is 192 Å². The van der Waals surface area contributed by atoms with Gasteiger partial charge in [-0.3, -0.25) is 15.2 Å². The minimum absolute atomic E-state index is 0.303. The van der Waals surface area contributed by atoms with Gasteiger partial charge >= 0.3 is 0 Å². The summed E-state index contributed by atoms with van der Waals surface area (Å²) in [5.74, 6) is 4.58. The molecule has 2 heterocycles. The Morgan fingerprint density at radius 3 is 2.52 bits per heavy atom. The van der Waals surface area contributed by atoms with Crippen molar-refractivity contribution in [3.8, 4) is 0 Å². The van der Waals surface area contributed by atoms with E-state index >= 15 is 0 Å². The fraction of sp³-hybridized carbons (Fsp3) is 0.217. The van der Waals surface area contributed by atoms with Crippen molar-refractivity contribution in [3.63, 3.8) is 0 Å². The average molecular weight is 456 g/mol. The number of nitrogens with one attached hydrogen (secondary N) is 1. The van der Waals surface area contributed by atoms with Crippen LogP contribution in [-0.4, -0.2) is 43.0 Å². The molecule has 0 bridgehead atoms. The number of pyridine rings is 1. The molecule has 0 unspecified atom stereocenters. The molecule has 3 aromatic rings. The van der Waals surface area contributed by atoms with Crippen molar-refractivity contribution in [1.82, 2.24) is 15.3 Å². The zero-order valence-corrected chi connectivity index (χ0v) is 19.2. The lowest BCUT2D eigenvalue weighted by Crippen LogP contribution is -2.29. The molecule has 8 heteroatoms. The number of amides is 1. The van der Waals surface area contributed by atoms with Gasteiger partial charge in [0.25, 0.3) is 5.91 Å². The predicted octanol–water partition coefficient (Wildman–Crippen LogP) is 4.58. The molecule has 0 atom stereocenters. The highest BCUT2D eigenvalue weighted by Crippen LogP contribution is 2.48. The number of hydrazine groups is 1. The maximum atomic E-state index is 10.7. The molecule has 1 aliphatic rings. The number of anilines is 2. The third-order valence-electron chi connectivity index (χ3n) is 4.65. The Bertz CT molecular complexity index is 1020. The van der Waals surface area contributed by atoms with Crippen LogP contribution in [0.25, 0.3) is 0 Å². The lowest BCUT2D eigenvalue weighted by Gasteiger charge is -2.33. The summed E-state index contributed by atoms with van der Waals surface area (Å²) in [5.41, 5.74) is 5.04. The molecule has 1 aliphatic heterocycles. The molecule has 162 valence electrons. The number of benzene rings is 2. The van der Waals surface area contributed by atoms with Gasteiger partial charge in [-0.15, -0.1) is 0 Å². The summed E-state index contributed by atoms with van der Waals surface area (Å²) < 4.78 is 0. The van der Waals surface area contributed by atoms with Crippen molar-refractivity contribution in [1.29, 1.82) is 0 Å². The average Bonchev–Trinajstić information content (AvgIpc) is 2.79. The number of carbonyl (C=O) groups excluding carboxylic acids is 1. The first-order chi connectivity index (χ1) is 15.0. The molecule has 0 saturated heterocycles. The zero-order chi connectivity index (χ0) is 22.2. The van der Waals surface area contributed by atoms with E-state index in [4.69, 9.17) is 17.4 Å². The van der Waals surface area contributed by atoms with Gasteiger partial charge in [0, 0.05) is 39.3 Å². The van der Waals surface area contributed by atoms with Crippen molar-refractivity contribution >= 4 is 40.6 Å². The highest BCUT2D eigenvalue weighted by molar-refractivity contribution is 7.99. The molecule has 4 rings (SSSR count). The number of rotatable bonds is 5. The fourth-order valence-corrected chi connectivity index (χ4v) is 4.42. The minimum atomic E-state index is -0.303. The molecule has 2 aromatic carbocycles. The van der Waals surface area contributed by atoms with E-state index in [0.29, 0.717) is 5.56 Å². The van der Waals surface area contributed by atoms with Crippen LogP contribution in [0, 0.1) is 0 Å². The van der Waals surface area contributed by atoms with Gasteiger partial charge in [-0.1, -0.05) is 35.5 Å². The van der Waals surface area contributed by atoms with Crippen LogP contribution in [0.1, 0.15) is 16.8 Å². The summed E-state index contributed by atoms with van der Waals surface area (Å²) in [6, 6.07) is 17.9. The van der Waals surface area contributed by atoms with Crippen molar-refractivity contribution in [2.24, 2.45) is 5.84 Å². The Morgan fingerprint density at radius 1 is 1.10 bits per heavy atom. The highest BCUT2D eigenvalue weighted by Gasteiger charge is 2.22. The maximum Gasteiger partial charge on any atom is 0.265 e. The summed E-state index contributed by atoms with van der Waals surface area (Å²) in [5, 5.41) is 0.798. The van der Waals surface area contributed by atoms with Crippen LogP contribution in [0.3, 0.4) is 0 Å². The molecule has 1 amide bonds. The molecule has 0 aliphatic carbocycles. The molecule has 0 spiro atoms. The zero-order valence-electron chi connectivity index (χ0n) is 17.6. The SMILES string of the molecule is CN(C)CCCN1c2ccccc2Sc2ccc(Cl)cc21.NNC(=O)c1ccncc1. The Balaban J connectivity index is 0.000000229. The molecule has 0 fully saturated rings. The summed E-state index contributed by atoms with van der Waals surface area (Å²) in [4.78, 5) is 21.7. The summed E-state index contributed by atoms with van der Waals surface area (Å²) in [6.07, 6.45) is 4.19. The number of carbonyl (C=O) groups is 1. The quantitative estimate of drug-likeness (QED) is 0.333. The van der Waals surface area contributed by atoms with E-state index in [9.17, 15) is 4.79 Å². The summed E-state index contributed by atoms with van der Waals surface area (Å²) >= 11 is 8.03. The van der Waals surface area contributed by atoms with Gasteiger partial charge in [-0.25, -0.2) is 5.84 Å². The third-order valence-corrected chi connectivity index (χ3v) is 6.01. The van der Waals surface area contributed by atoms with Crippen LogP contribution < -0.4 is 16.2 Å². The lowest BCUT2D eigenvalue weighted by atomic mass is 10.2. The Morgan fingerprint density at radius 2 is 1.81 bits per heavy atom. The fourth-order valence-electron chi connectivity index (χ4n) is 3.18. The maximum absolute atomic E-state index is 10.7. The van der Waals surface area contributed by atoms with Gasteiger partial charge < -0.3 is 9.80 Å². The number of hydrogen-bond donors (Lipinski definition) is 2. The second-order valence-electron chi connectivity index (χ2n) is 7.20. The Hall–Kier alpha value is -2.58. The molecule has 3 N–H and O–H groups in total. The number of nitrogens with zero attached hydrogens (tertiary/aromatic N) is 3. The third kappa shape index (κ3) is 6.21. The van der Waals surface area contributed by atoms with E-state index in [1.807, 2.05) is 23.3 Å². The van der Waals surface area contributed by atoms with E-state index in [2.05, 4.69) is 65.3 Å². The van der Waals surface area contributed by atoms with Crippen LogP contribution in [0.5, 0.6) is 0 Å². The minimum Gasteiger partial charge on any atom is -0.340 e. The van der Waals surface area contributed by atoms with Gasteiger partial charge in [-0.2, -0.15) is 0 Å². The lowest BCUT2D eigenvalue weighted by molar-refractivity contribution is 0.0953. The van der Waals surface area contributed by atoms with Crippen LogP contribution in [-0.2, 0) is 0 Å². The number of aromatic nitrogens is 1. The van der Waals surface area contributed by atoms with Crippen LogP contribution >= 0.6 is 23.4 Å². The van der Waals surface area contributed by atoms with Gasteiger partial charge in [0.2, 0.25) is 0 Å². The van der Waals surface area contributed by atoms with Crippen molar-refractivity contribution in [3.05, 3.63) is 77.6 Å². The first-order valence-electron chi connectivity index (χ1n) is 9.89. The second kappa shape index (κ2) is 11.2. The van der Waals surface area contributed by atoms with Crippen LogP contribution in [0.4, 0.5) is 11.4 Å². The molecule has 1 aromatic heterocycles. The summed E-state index contributed by atoms with van der Waals surface area (Å²) in [7, 11) is 4.23. The first-order valence-corrected chi connectivity index (χ1v) is 11.1. The number of hydrogen-bond acceptors (Lipinski definition) is 6. The van der Waals surface area contributed by atoms with Crippen molar-refractivity contribution in [2.45, 2.75) is 16.2 Å². The number of halogens is 1. The van der Waals surface area contributed by atoms with E-state index in [1.165, 1.54) is 33.6 Å². The number of nitrogens with two attached hydrogens (primary N) is 1. The standard InChI is InChI=1S/C17H19ClN2S.C6H7N3O/c1-19(2)10-5-11-20-14-6-3-4-7-16(14)21-17-9-8-13(18)12-15(17)20;7-9-6(10)5-1-3-8-4-2-5/h3-4,6-9,12H,5,10-11H2,1-2H3;1-4H,7H2,(H,9,10).